The van der Waals surface area contributed by atoms with Crippen LogP contribution in [0.25, 0.3) is 0 Å². The molecule has 0 heterocycles. The van der Waals surface area contributed by atoms with Gasteiger partial charge in [0.05, 0.1) is 4.92 Å². The highest BCUT2D eigenvalue weighted by Crippen LogP contribution is 2.13. The minimum Gasteiger partial charge on any atom is -0.444 e. The van der Waals surface area contributed by atoms with Gasteiger partial charge in [0, 0.05) is 18.6 Å². The number of benzene rings is 1. The van der Waals surface area contributed by atoms with Gasteiger partial charge in [-0.05, 0) is 26.3 Å². The third kappa shape index (κ3) is 6.03. The number of non-ortho nitro benzene ring substituents is 1. The molecular formula is C14H17N2O5. The number of hydrogen-bond donors (Lipinski definition) is 1. The molecule has 0 saturated carbocycles. The van der Waals surface area contributed by atoms with Crippen molar-refractivity contribution in [2.24, 2.45) is 0 Å². The van der Waals surface area contributed by atoms with Crippen LogP contribution in [-0.2, 0) is 16.0 Å². The molecule has 0 aromatic heterocycles. The fourth-order valence-electron chi connectivity index (χ4n) is 1.56. The number of nitro benzene ring substituents is 1. The molecule has 7 nitrogen and oxygen atoms in total. The van der Waals surface area contributed by atoms with E-state index in [0.717, 1.165) is 0 Å². The Morgan fingerprint density at radius 3 is 2.38 bits per heavy atom. The predicted octanol–water partition coefficient (Wildman–Crippen LogP) is 2.14. The Kier molecular flexibility index (Phi) is 5.40. The molecule has 1 unspecified atom stereocenters. The lowest BCUT2D eigenvalue weighted by atomic mass is 10.1. The molecule has 0 fully saturated rings. The topological polar surface area (TPSA) is 98.5 Å². The van der Waals surface area contributed by atoms with Crippen molar-refractivity contribution in [2.45, 2.75) is 38.8 Å². The van der Waals surface area contributed by atoms with Gasteiger partial charge in [0.2, 0.25) is 6.29 Å². The van der Waals surface area contributed by atoms with E-state index in [0.29, 0.717) is 5.56 Å². The summed E-state index contributed by atoms with van der Waals surface area (Å²) in [4.78, 5) is 32.5. The zero-order valence-electron chi connectivity index (χ0n) is 12.1. The van der Waals surface area contributed by atoms with Crippen LogP contribution in [0.15, 0.2) is 24.3 Å². The van der Waals surface area contributed by atoms with Crippen LogP contribution in [0.1, 0.15) is 26.3 Å². The van der Waals surface area contributed by atoms with Crippen LogP contribution >= 0.6 is 0 Å². The summed E-state index contributed by atoms with van der Waals surface area (Å²) in [7, 11) is 0. The van der Waals surface area contributed by atoms with E-state index in [9.17, 15) is 19.7 Å². The summed E-state index contributed by atoms with van der Waals surface area (Å²) in [5.74, 6) is 0. The minimum absolute atomic E-state index is 0.0366. The average molecular weight is 293 g/mol. The summed E-state index contributed by atoms with van der Waals surface area (Å²) in [6.45, 7) is 5.13. The summed E-state index contributed by atoms with van der Waals surface area (Å²) < 4.78 is 5.04. The Morgan fingerprint density at radius 1 is 1.38 bits per heavy atom. The van der Waals surface area contributed by atoms with Crippen molar-refractivity contribution in [2.75, 3.05) is 0 Å². The van der Waals surface area contributed by atoms with Gasteiger partial charge in [0.25, 0.3) is 5.69 Å². The van der Waals surface area contributed by atoms with Crippen molar-refractivity contribution in [1.29, 1.82) is 0 Å². The van der Waals surface area contributed by atoms with Crippen molar-refractivity contribution >= 4 is 18.1 Å². The van der Waals surface area contributed by atoms with Crippen LogP contribution in [0.4, 0.5) is 10.5 Å². The van der Waals surface area contributed by atoms with Gasteiger partial charge in [0.1, 0.15) is 11.6 Å². The van der Waals surface area contributed by atoms with E-state index in [1.807, 2.05) is 0 Å². The average Bonchev–Trinajstić information content (AvgIpc) is 2.36. The Labute approximate surface area is 122 Å². The highest BCUT2D eigenvalue weighted by atomic mass is 16.6. The molecule has 0 aliphatic rings. The Balaban J connectivity index is 2.63. The first-order valence-corrected chi connectivity index (χ1v) is 6.32. The minimum atomic E-state index is -0.874. The first-order valence-electron chi connectivity index (χ1n) is 6.32. The third-order valence-electron chi connectivity index (χ3n) is 2.42. The van der Waals surface area contributed by atoms with Gasteiger partial charge >= 0.3 is 6.09 Å². The summed E-state index contributed by atoms with van der Waals surface area (Å²) in [6, 6.07) is 4.86. The van der Waals surface area contributed by atoms with Gasteiger partial charge in [-0.2, -0.15) is 0 Å². The smallest absolute Gasteiger partial charge is 0.408 e. The number of hydrogen-bond acceptors (Lipinski definition) is 5. The van der Waals surface area contributed by atoms with Crippen molar-refractivity contribution in [3.8, 4) is 0 Å². The summed E-state index contributed by atoms with van der Waals surface area (Å²) in [5, 5.41) is 12.9. The van der Waals surface area contributed by atoms with Gasteiger partial charge < -0.3 is 10.1 Å². The maximum Gasteiger partial charge on any atom is 0.408 e. The van der Waals surface area contributed by atoms with E-state index in [4.69, 9.17) is 4.74 Å². The van der Waals surface area contributed by atoms with Crippen LogP contribution in [-0.4, -0.2) is 28.9 Å². The normalized spacial score (nSPS) is 12.3. The fourth-order valence-corrected chi connectivity index (χ4v) is 1.56. The molecule has 0 spiro atoms. The fraction of sp³-hybridized carbons (Fsp3) is 0.429. The van der Waals surface area contributed by atoms with Gasteiger partial charge in [-0.1, -0.05) is 12.1 Å². The molecule has 113 valence electrons. The van der Waals surface area contributed by atoms with E-state index < -0.39 is 22.7 Å². The number of carbonyl (C=O) groups is 1. The van der Waals surface area contributed by atoms with E-state index in [1.165, 1.54) is 24.3 Å². The van der Waals surface area contributed by atoms with Gasteiger partial charge in [-0.3, -0.25) is 14.9 Å². The summed E-state index contributed by atoms with van der Waals surface area (Å²) in [5.41, 5.74) is -0.0271. The lowest BCUT2D eigenvalue weighted by Crippen LogP contribution is -2.41. The summed E-state index contributed by atoms with van der Waals surface area (Å²) >= 11 is 0. The standard InChI is InChI=1S/C14H17N2O5/c1-14(2,3)21-13(18)15-11(9-17)8-10-4-6-12(7-5-10)16(19)20/h4-7,11H,8H2,1-3H3,(H,15,18). The van der Waals surface area contributed by atoms with Crippen molar-refractivity contribution in [3.05, 3.63) is 39.9 Å². The molecule has 1 radical (unpaired) electrons. The molecule has 1 amide bonds. The van der Waals surface area contributed by atoms with E-state index in [2.05, 4.69) is 5.32 Å². The number of carbonyl (C=O) groups excluding carboxylic acids is 2. The third-order valence-corrected chi connectivity index (χ3v) is 2.42. The highest BCUT2D eigenvalue weighted by molar-refractivity contribution is 5.73. The second kappa shape index (κ2) is 6.83. The van der Waals surface area contributed by atoms with Crippen LogP contribution in [0.5, 0.6) is 0 Å². The second-order valence-corrected chi connectivity index (χ2v) is 5.44. The van der Waals surface area contributed by atoms with Crippen molar-refractivity contribution in [3.63, 3.8) is 0 Å². The summed E-state index contributed by atoms with van der Waals surface area (Å²) in [6.07, 6.45) is 1.18. The van der Waals surface area contributed by atoms with E-state index >= 15 is 0 Å². The maximum atomic E-state index is 11.6. The van der Waals surface area contributed by atoms with Crippen molar-refractivity contribution in [1.82, 2.24) is 5.32 Å². The van der Waals surface area contributed by atoms with Crippen LogP contribution < -0.4 is 5.32 Å². The number of ether oxygens (including phenoxy) is 1. The Bertz CT molecular complexity index is 519. The largest absolute Gasteiger partial charge is 0.444 e. The van der Waals surface area contributed by atoms with Crippen molar-refractivity contribution < 1.29 is 19.2 Å². The molecule has 0 saturated heterocycles. The zero-order chi connectivity index (χ0) is 16.0. The molecule has 1 atom stereocenters. The molecule has 7 heteroatoms. The Morgan fingerprint density at radius 2 is 1.95 bits per heavy atom. The van der Waals surface area contributed by atoms with Gasteiger partial charge in [-0.15, -0.1) is 0 Å². The predicted molar refractivity (Wildman–Crippen MR) is 75.7 cm³/mol. The lowest BCUT2D eigenvalue weighted by Gasteiger charge is -2.21. The molecule has 1 aromatic rings. The first-order chi connectivity index (χ1) is 9.71. The van der Waals surface area contributed by atoms with Crippen LogP contribution in [0, 0.1) is 10.1 Å². The molecule has 0 bridgehead atoms. The van der Waals surface area contributed by atoms with Crippen LogP contribution in [0.3, 0.4) is 0 Å². The van der Waals surface area contributed by atoms with Gasteiger partial charge in [0.15, 0.2) is 0 Å². The zero-order valence-corrected chi connectivity index (χ0v) is 12.1. The molecular weight excluding hydrogens is 276 g/mol. The number of nitrogens with zero attached hydrogens (tertiary/aromatic N) is 1. The van der Waals surface area contributed by atoms with E-state index in [-0.39, 0.29) is 12.1 Å². The molecule has 1 aromatic carbocycles. The molecule has 0 aliphatic heterocycles. The van der Waals surface area contributed by atoms with Gasteiger partial charge in [-0.25, -0.2) is 4.79 Å². The number of nitrogens with one attached hydrogen (secondary N) is 1. The monoisotopic (exact) mass is 293 g/mol. The second-order valence-electron chi connectivity index (χ2n) is 5.44. The number of alkyl carbamates (subject to hydrolysis) is 1. The van der Waals surface area contributed by atoms with E-state index in [1.54, 1.807) is 27.1 Å². The Hall–Kier alpha value is -2.44. The molecule has 21 heavy (non-hydrogen) atoms. The first kappa shape index (κ1) is 16.6. The highest BCUT2D eigenvalue weighted by Gasteiger charge is 2.20. The quantitative estimate of drug-likeness (QED) is 0.662. The number of amides is 1. The number of rotatable bonds is 5. The maximum absolute atomic E-state index is 11.6. The molecule has 0 aliphatic carbocycles. The SMILES string of the molecule is CC(C)(C)OC(=O)NC([C]=O)Cc1ccc([N+](=O)[O-])cc1. The molecule has 1 rings (SSSR count). The number of nitro groups is 1. The molecule has 1 N–H and O–H groups in total. The lowest BCUT2D eigenvalue weighted by molar-refractivity contribution is -0.384. The van der Waals surface area contributed by atoms with Crippen LogP contribution in [0.2, 0.25) is 0 Å².